The maximum absolute atomic E-state index is 15.5. The number of benzene rings is 2. The van der Waals surface area contributed by atoms with E-state index in [1.54, 1.807) is 6.07 Å². The third-order valence-electron chi connectivity index (χ3n) is 5.42. The molecular formula is C24H11BrF9IN4O2. The summed E-state index contributed by atoms with van der Waals surface area (Å²) >= 11 is 3.97. The molecule has 41 heavy (non-hydrogen) atoms. The van der Waals surface area contributed by atoms with Gasteiger partial charge in [0.1, 0.15) is 6.54 Å². The van der Waals surface area contributed by atoms with E-state index in [4.69, 9.17) is 5.26 Å². The topological polar surface area (TPSA) is 86.1 Å². The first-order valence-corrected chi connectivity index (χ1v) is 12.5. The number of halogens is 11. The summed E-state index contributed by atoms with van der Waals surface area (Å²) in [5.41, 5.74) is -9.50. The molecule has 0 saturated heterocycles. The summed E-state index contributed by atoms with van der Waals surface area (Å²) in [6, 6.07) is 7.02. The van der Waals surface area contributed by atoms with E-state index in [0.717, 1.165) is 36.5 Å². The minimum Gasteiger partial charge on any atom is -0.320 e. The predicted octanol–water partition coefficient (Wildman–Crippen LogP) is 7.44. The van der Waals surface area contributed by atoms with Gasteiger partial charge in [0.25, 0.3) is 11.8 Å². The molecule has 0 aliphatic carbocycles. The number of nitriles is 1. The van der Waals surface area contributed by atoms with Crippen molar-refractivity contribution in [3.63, 3.8) is 0 Å². The van der Waals surface area contributed by atoms with E-state index in [0.29, 0.717) is 4.90 Å². The lowest BCUT2D eigenvalue weighted by molar-refractivity contribution is -0.348. The summed E-state index contributed by atoms with van der Waals surface area (Å²) in [6.07, 6.45) is -11.9. The average Bonchev–Trinajstić information content (AvgIpc) is 2.87. The van der Waals surface area contributed by atoms with Gasteiger partial charge in [0.05, 0.1) is 28.6 Å². The van der Waals surface area contributed by atoms with Crippen LogP contribution < -0.4 is 10.2 Å². The highest BCUT2D eigenvalue weighted by molar-refractivity contribution is 14.1. The Balaban J connectivity index is 2.00. The molecular weight excluding hydrogens is 754 g/mol. The van der Waals surface area contributed by atoms with Gasteiger partial charge < -0.3 is 5.32 Å². The van der Waals surface area contributed by atoms with E-state index in [1.807, 2.05) is 0 Å². The van der Waals surface area contributed by atoms with E-state index >= 15 is 4.39 Å². The molecule has 3 rings (SSSR count). The molecule has 0 spiro atoms. The Morgan fingerprint density at radius 3 is 2.17 bits per heavy atom. The minimum absolute atomic E-state index is 0.176. The molecule has 1 aromatic heterocycles. The monoisotopic (exact) mass is 764 g/mol. The minimum atomic E-state index is -6.38. The molecule has 0 fully saturated rings. The number of anilines is 2. The molecule has 0 unspecified atom stereocenters. The number of amides is 2. The number of hydrogen-bond acceptors (Lipinski definition) is 4. The molecule has 0 radical (unpaired) electrons. The van der Waals surface area contributed by atoms with Crippen LogP contribution in [0.1, 0.15) is 26.3 Å². The van der Waals surface area contributed by atoms with Crippen molar-refractivity contribution in [2.24, 2.45) is 0 Å². The fourth-order valence-corrected chi connectivity index (χ4v) is 5.15. The third-order valence-corrected chi connectivity index (χ3v) is 6.90. The van der Waals surface area contributed by atoms with Crippen molar-refractivity contribution in [3.05, 3.63) is 85.2 Å². The van der Waals surface area contributed by atoms with Crippen molar-refractivity contribution in [1.82, 2.24) is 4.98 Å². The summed E-state index contributed by atoms with van der Waals surface area (Å²) in [5.74, 6) is -4.49. The molecule has 1 N–H and O–H groups in total. The zero-order valence-corrected chi connectivity index (χ0v) is 23.4. The highest BCUT2D eigenvalue weighted by Gasteiger charge is 2.73. The van der Waals surface area contributed by atoms with Gasteiger partial charge in [0.15, 0.2) is 5.82 Å². The average molecular weight is 765 g/mol. The van der Waals surface area contributed by atoms with Gasteiger partial charge in [0.2, 0.25) is 5.95 Å². The second-order valence-corrected chi connectivity index (χ2v) is 10.00. The molecule has 0 aliphatic heterocycles. The van der Waals surface area contributed by atoms with Crippen LogP contribution in [0, 0.1) is 26.7 Å². The Kier molecular flexibility index (Phi) is 9.27. The number of pyridine rings is 1. The Morgan fingerprint density at radius 2 is 1.66 bits per heavy atom. The molecule has 0 atom stereocenters. The van der Waals surface area contributed by atoms with E-state index in [1.165, 1.54) is 22.6 Å². The van der Waals surface area contributed by atoms with Crippen molar-refractivity contribution in [2.75, 3.05) is 16.8 Å². The number of nitrogens with zero attached hydrogens (tertiary/aromatic N) is 3. The molecule has 0 saturated carbocycles. The summed E-state index contributed by atoms with van der Waals surface area (Å²) in [5, 5.41) is 11.3. The lowest BCUT2D eigenvalue weighted by atomic mass is 9.94. The van der Waals surface area contributed by atoms with Crippen LogP contribution in [0.15, 0.2) is 53.1 Å². The number of carbonyl (C=O) groups is 2. The zero-order valence-electron chi connectivity index (χ0n) is 19.6. The molecule has 1 heterocycles. The first kappa shape index (κ1) is 32.1. The maximum Gasteiger partial charge on any atom is 0.435 e. The van der Waals surface area contributed by atoms with Crippen LogP contribution in [-0.4, -0.2) is 35.7 Å². The van der Waals surface area contributed by atoms with Crippen LogP contribution in [0.4, 0.5) is 50.9 Å². The lowest BCUT2D eigenvalue weighted by Gasteiger charge is -2.31. The van der Waals surface area contributed by atoms with Crippen LogP contribution in [0.5, 0.6) is 0 Å². The Labute approximate surface area is 246 Å². The number of aromatic nitrogens is 1. The summed E-state index contributed by atoms with van der Waals surface area (Å²) in [6.45, 7) is -0.716. The van der Waals surface area contributed by atoms with Crippen molar-refractivity contribution in [3.8, 4) is 6.07 Å². The van der Waals surface area contributed by atoms with Crippen molar-refractivity contribution in [1.29, 1.82) is 5.26 Å². The first-order chi connectivity index (χ1) is 18.9. The van der Waals surface area contributed by atoms with Gasteiger partial charge in [-0.1, -0.05) is 6.07 Å². The van der Waals surface area contributed by atoms with Crippen LogP contribution in [0.2, 0.25) is 0 Å². The highest BCUT2D eigenvalue weighted by atomic mass is 127. The van der Waals surface area contributed by atoms with E-state index in [9.17, 15) is 44.7 Å². The first-order valence-electron chi connectivity index (χ1n) is 10.7. The molecule has 0 aliphatic rings. The third kappa shape index (κ3) is 6.27. The molecule has 216 valence electrons. The maximum atomic E-state index is 15.5. The molecule has 2 amide bonds. The number of rotatable bonds is 6. The molecule has 2 aromatic carbocycles. The molecule has 0 bridgehead atoms. The molecule has 3 aromatic rings. The summed E-state index contributed by atoms with van der Waals surface area (Å²) < 4.78 is 121. The summed E-state index contributed by atoms with van der Waals surface area (Å²) in [4.78, 5) is 29.7. The highest BCUT2D eigenvalue weighted by Crippen LogP contribution is 2.54. The SMILES string of the molecule is N#CCN(C(=O)c1ccc(F)nc1)c1cccc(C(=O)Nc2c(Br)cc(C(F)(C(F)(F)F)C(F)(F)F)cc2I)c1F. The van der Waals surface area contributed by atoms with Gasteiger partial charge in [-0.3, -0.25) is 14.5 Å². The van der Waals surface area contributed by atoms with Gasteiger partial charge in [-0.05, 0) is 74.9 Å². The lowest BCUT2D eigenvalue weighted by Crippen LogP contribution is -2.50. The zero-order chi connectivity index (χ0) is 30.9. The van der Waals surface area contributed by atoms with Crippen LogP contribution >= 0.6 is 38.5 Å². The fraction of sp³-hybridized carbons (Fsp3) is 0.167. The second-order valence-electron chi connectivity index (χ2n) is 7.98. The fourth-order valence-electron chi connectivity index (χ4n) is 3.46. The normalized spacial score (nSPS) is 12.0. The number of hydrogen-bond donors (Lipinski definition) is 1. The van der Waals surface area contributed by atoms with Gasteiger partial charge in [0, 0.05) is 19.8 Å². The Bertz CT molecular complexity index is 1500. The van der Waals surface area contributed by atoms with Gasteiger partial charge in [-0.15, -0.1) is 0 Å². The van der Waals surface area contributed by atoms with Crippen molar-refractivity contribution >= 4 is 61.7 Å². The van der Waals surface area contributed by atoms with Gasteiger partial charge in [-0.25, -0.2) is 13.8 Å². The van der Waals surface area contributed by atoms with Gasteiger partial charge >= 0.3 is 18.0 Å². The summed E-state index contributed by atoms with van der Waals surface area (Å²) in [7, 11) is 0. The van der Waals surface area contributed by atoms with Crippen LogP contribution in [-0.2, 0) is 5.67 Å². The molecule has 17 heteroatoms. The molecule has 6 nitrogen and oxygen atoms in total. The number of carbonyl (C=O) groups excluding carboxylic acids is 2. The Hall–Kier alpha value is -3.40. The van der Waals surface area contributed by atoms with Gasteiger partial charge in [-0.2, -0.15) is 36.0 Å². The quantitative estimate of drug-likeness (QED) is 0.123. The van der Waals surface area contributed by atoms with Crippen LogP contribution in [0.25, 0.3) is 0 Å². The predicted molar refractivity (Wildman–Crippen MR) is 138 cm³/mol. The van der Waals surface area contributed by atoms with Crippen molar-refractivity contribution in [2.45, 2.75) is 18.0 Å². The van der Waals surface area contributed by atoms with Crippen molar-refractivity contribution < 1.29 is 49.1 Å². The number of nitrogens with one attached hydrogen (secondary N) is 1. The van der Waals surface area contributed by atoms with E-state index in [2.05, 4.69) is 26.2 Å². The van der Waals surface area contributed by atoms with E-state index < -0.39 is 78.7 Å². The number of alkyl halides is 7. The smallest absolute Gasteiger partial charge is 0.320 e. The van der Waals surface area contributed by atoms with Crippen LogP contribution in [0.3, 0.4) is 0 Å². The van der Waals surface area contributed by atoms with E-state index in [-0.39, 0.29) is 17.7 Å². The second kappa shape index (κ2) is 11.8. The largest absolute Gasteiger partial charge is 0.435 e. The Morgan fingerprint density at radius 1 is 1.02 bits per heavy atom. The standard InChI is InChI=1S/C24H11BrF9IN4O2/c25-14-8-12(22(28,23(29,30)31)24(32,33)34)9-15(35)19(14)38-20(40)13-2-1-3-16(18(13)27)39(7-6-36)21(41)11-4-5-17(26)37-10-11/h1-5,8-10H,7H2,(H,38,40).